The molecule has 1 amide bonds. The highest BCUT2D eigenvalue weighted by Crippen LogP contribution is 2.44. The molecule has 1 rings (SSSR count). The van der Waals surface area contributed by atoms with Gasteiger partial charge in [0, 0.05) is 6.92 Å². The lowest BCUT2D eigenvalue weighted by atomic mass is 9.69. The largest absolute Gasteiger partial charge is 0.337 e. The Morgan fingerprint density at radius 1 is 1.00 bits per heavy atom. The molecule has 0 aromatic rings. The molecule has 0 bridgehead atoms. The molecule has 0 aromatic heterocycles. The highest BCUT2D eigenvalue weighted by molar-refractivity contribution is 5.74. The Balaban J connectivity index is 3.36. The Labute approximate surface area is 92.5 Å². The Kier molecular flexibility index (Phi) is 2.54. The number of likely N-dealkylation sites (tertiary alicyclic amines) is 1. The van der Waals surface area contributed by atoms with Crippen LogP contribution in [0.4, 0.5) is 0 Å². The molecule has 1 aliphatic heterocycles. The van der Waals surface area contributed by atoms with Crippen molar-refractivity contribution in [2.24, 2.45) is 10.8 Å². The monoisotopic (exact) mass is 213 g/mol. The van der Waals surface area contributed by atoms with Gasteiger partial charge < -0.3 is 4.90 Å². The Morgan fingerprint density at radius 3 is 1.50 bits per heavy atom. The van der Waals surface area contributed by atoms with Crippen LogP contribution in [0.1, 0.15) is 6.92 Å². The highest BCUT2D eigenvalue weighted by atomic mass is 16.2. The lowest BCUT2D eigenvalue weighted by Gasteiger charge is -2.19. The zero-order valence-corrected chi connectivity index (χ0v) is 8.56. The van der Waals surface area contributed by atoms with Crippen molar-refractivity contribution in [3.05, 3.63) is 0 Å². The van der Waals surface area contributed by atoms with E-state index in [0.717, 1.165) is 0 Å². The Hall–Kier alpha value is -2.57. The first-order valence-corrected chi connectivity index (χ1v) is 4.41. The Morgan fingerprint density at radius 2 is 1.31 bits per heavy atom. The maximum absolute atomic E-state index is 11.2. The van der Waals surface area contributed by atoms with Gasteiger partial charge in [0.25, 0.3) is 0 Å². The van der Waals surface area contributed by atoms with E-state index in [9.17, 15) is 4.79 Å². The van der Waals surface area contributed by atoms with E-state index in [1.165, 1.54) is 11.8 Å². The highest BCUT2D eigenvalue weighted by Gasteiger charge is 2.62. The van der Waals surface area contributed by atoms with E-state index >= 15 is 0 Å². The number of amides is 1. The summed E-state index contributed by atoms with van der Waals surface area (Å²) in [6.07, 6.45) is 0. The van der Waals surface area contributed by atoms with Crippen LogP contribution < -0.4 is 0 Å². The molecule has 1 aliphatic rings. The van der Waals surface area contributed by atoms with Gasteiger partial charge in [0.2, 0.25) is 5.91 Å². The van der Waals surface area contributed by atoms with Crippen LogP contribution in [0.2, 0.25) is 0 Å². The van der Waals surface area contributed by atoms with Gasteiger partial charge in [-0.3, -0.25) is 4.79 Å². The second-order valence-corrected chi connectivity index (χ2v) is 3.63. The van der Waals surface area contributed by atoms with E-state index in [2.05, 4.69) is 0 Å². The fourth-order valence-corrected chi connectivity index (χ4v) is 1.69. The van der Waals surface area contributed by atoms with E-state index in [4.69, 9.17) is 21.0 Å². The third-order valence-electron chi connectivity index (χ3n) is 2.79. The van der Waals surface area contributed by atoms with Crippen LogP contribution in [0.25, 0.3) is 0 Å². The number of carbonyl (C=O) groups excluding carboxylic acids is 1. The Bertz CT molecular complexity index is 427. The third-order valence-corrected chi connectivity index (χ3v) is 2.79. The van der Waals surface area contributed by atoms with Crippen LogP contribution in [0.5, 0.6) is 0 Å². The molecule has 0 N–H and O–H groups in total. The minimum atomic E-state index is -1.76. The average Bonchev–Trinajstić information content (AvgIpc) is 2.64. The molecule has 0 unspecified atom stereocenters. The zero-order valence-electron chi connectivity index (χ0n) is 8.56. The SMILES string of the molecule is CC(=O)N1CC(C#N)(C#N)C(C#N)(C#N)C1. The van der Waals surface area contributed by atoms with Crippen molar-refractivity contribution < 1.29 is 4.79 Å². The molecule has 1 heterocycles. The molecule has 0 spiro atoms. The standard InChI is InChI=1S/C10H7N5O/c1-8(16)15-6-9(2-11,3-12)10(4-13,5-14)7-15/h6-7H2,1H3. The topological polar surface area (TPSA) is 115 Å². The molecule has 16 heavy (non-hydrogen) atoms. The van der Waals surface area contributed by atoms with Crippen LogP contribution in [-0.4, -0.2) is 23.9 Å². The molecule has 0 aliphatic carbocycles. The van der Waals surface area contributed by atoms with E-state index in [1.54, 1.807) is 24.3 Å². The van der Waals surface area contributed by atoms with Crippen molar-refractivity contribution >= 4 is 5.91 Å². The van der Waals surface area contributed by atoms with Crippen molar-refractivity contribution in [2.75, 3.05) is 13.1 Å². The first kappa shape index (κ1) is 11.5. The van der Waals surface area contributed by atoms with Gasteiger partial charge in [-0.2, -0.15) is 21.0 Å². The number of nitrogens with zero attached hydrogens (tertiary/aromatic N) is 5. The summed E-state index contributed by atoms with van der Waals surface area (Å²) in [5.41, 5.74) is -3.52. The van der Waals surface area contributed by atoms with Gasteiger partial charge in [0.05, 0.1) is 37.4 Å². The number of rotatable bonds is 0. The van der Waals surface area contributed by atoms with E-state index in [0.29, 0.717) is 0 Å². The van der Waals surface area contributed by atoms with Crippen molar-refractivity contribution in [1.82, 2.24) is 4.90 Å². The molecule has 6 heteroatoms. The van der Waals surface area contributed by atoms with Crippen molar-refractivity contribution in [2.45, 2.75) is 6.92 Å². The quantitative estimate of drug-likeness (QED) is 0.557. The summed E-state index contributed by atoms with van der Waals surface area (Å²) in [6, 6.07) is 6.82. The summed E-state index contributed by atoms with van der Waals surface area (Å²) >= 11 is 0. The summed E-state index contributed by atoms with van der Waals surface area (Å²) in [5, 5.41) is 36.0. The molecule has 0 atom stereocenters. The van der Waals surface area contributed by atoms with Crippen LogP contribution in [-0.2, 0) is 4.79 Å². The molecular formula is C10H7N5O. The molecular weight excluding hydrogens is 206 g/mol. The number of nitriles is 4. The maximum Gasteiger partial charge on any atom is 0.219 e. The molecule has 1 saturated heterocycles. The summed E-state index contributed by atoms with van der Waals surface area (Å²) in [4.78, 5) is 12.4. The second-order valence-electron chi connectivity index (χ2n) is 3.63. The molecule has 0 aromatic carbocycles. The van der Waals surface area contributed by atoms with Gasteiger partial charge in [-0.05, 0) is 0 Å². The molecule has 0 radical (unpaired) electrons. The number of hydrogen-bond acceptors (Lipinski definition) is 5. The first-order valence-electron chi connectivity index (χ1n) is 4.41. The zero-order chi connectivity index (χ0) is 12.4. The lowest BCUT2D eigenvalue weighted by Crippen LogP contribution is -2.36. The predicted molar refractivity (Wildman–Crippen MR) is 49.6 cm³/mol. The van der Waals surface area contributed by atoms with Crippen molar-refractivity contribution in [1.29, 1.82) is 21.0 Å². The summed E-state index contributed by atoms with van der Waals surface area (Å²) in [6.45, 7) is 0.872. The average molecular weight is 213 g/mol. The lowest BCUT2D eigenvalue weighted by molar-refractivity contribution is -0.128. The van der Waals surface area contributed by atoms with Crippen molar-refractivity contribution in [3.63, 3.8) is 0 Å². The fourth-order valence-electron chi connectivity index (χ4n) is 1.69. The third kappa shape index (κ3) is 1.18. The minimum absolute atomic E-state index is 0.198. The summed E-state index contributed by atoms with van der Waals surface area (Å²) in [5.74, 6) is -0.359. The second kappa shape index (κ2) is 3.54. The van der Waals surface area contributed by atoms with E-state index in [-0.39, 0.29) is 19.0 Å². The summed E-state index contributed by atoms with van der Waals surface area (Å²) < 4.78 is 0. The molecule has 0 saturated carbocycles. The smallest absolute Gasteiger partial charge is 0.219 e. The van der Waals surface area contributed by atoms with Gasteiger partial charge in [-0.1, -0.05) is 0 Å². The molecule has 78 valence electrons. The maximum atomic E-state index is 11.2. The fraction of sp³-hybridized carbons (Fsp3) is 0.500. The first-order chi connectivity index (χ1) is 7.50. The molecule has 6 nitrogen and oxygen atoms in total. The van der Waals surface area contributed by atoms with Crippen LogP contribution in [0.3, 0.4) is 0 Å². The van der Waals surface area contributed by atoms with Crippen LogP contribution in [0.15, 0.2) is 0 Å². The van der Waals surface area contributed by atoms with E-state index < -0.39 is 10.8 Å². The van der Waals surface area contributed by atoms with Gasteiger partial charge in [0.1, 0.15) is 0 Å². The predicted octanol–water partition coefficient (Wildman–Crippen LogP) is -0.0844. The minimum Gasteiger partial charge on any atom is -0.337 e. The van der Waals surface area contributed by atoms with Gasteiger partial charge in [-0.25, -0.2) is 0 Å². The van der Waals surface area contributed by atoms with Crippen molar-refractivity contribution in [3.8, 4) is 24.3 Å². The van der Waals surface area contributed by atoms with Gasteiger partial charge >= 0.3 is 0 Å². The number of hydrogen-bond donors (Lipinski definition) is 0. The number of carbonyl (C=O) groups is 1. The molecule has 1 fully saturated rings. The normalized spacial score (nSPS) is 19.9. The van der Waals surface area contributed by atoms with E-state index in [1.807, 2.05) is 0 Å². The van der Waals surface area contributed by atoms with Gasteiger partial charge in [-0.15, -0.1) is 0 Å². The van der Waals surface area contributed by atoms with Crippen LogP contribution >= 0.6 is 0 Å². The summed E-state index contributed by atoms with van der Waals surface area (Å²) in [7, 11) is 0. The van der Waals surface area contributed by atoms with Crippen LogP contribution in [0, 0.1) is 56.2 Å². The van der Waals surface area contributed by atoms with Gasteiger partial charge in [0.15, 0.2) is 10.8 Å².